The van der Waals surface area contributed by atoms with Crippen molar-refractivity contribution in [1.29, 1.82) is 21.2 Å². The fraction of sp³-hybridized carbons (Fsp3) is 0.583. The van der Waals surface area contributed by atoms with Gasteiger partial charge in [-0.2, -0.15) is 15.8 Å². The summed E-state index contributed by atoms with van der Waals surface area (Å²) in [6.07, 6.45) is 2.53. The second-order valence-corrected chi connectivity index (χ2v) is 8.49. The lowest BCUT2D eigenvalue weighted by molar-refractivity contribution is -0.296. The van der Waals surface area contributed by atoms with Gasteiger partial charge in [0.15, 0.2) is 10.8 Å². The predicted molar refractivity (Wildman–Crippen MR) is 111 cm³/mol. The summed E-state index contributed by atoms with van der Waals surface area (Å²) in [5.41, 5.74) is -1.77. The molecule has 2 aliphatic heterocycles. The summed E-state index contributed by atoms with van der Waals surface area (Å²) in [7, 11) is 0. The zero-order chi connectivity index (χ0) is 22.2. The zero-order valence-corrected chi connectivity index (χ0v) is 18.0. The average Bonchev–Trinajstić information content (AvgIpc) is 2.91. The van der Waals surface area contributed by atoms with Crippen molar-refractivity contribution in [3.63, 3.8) is 0 Å². The average molecular weight is 405 g/mol. The number of hydrogen-bond acceptors (Lipinski definition) is 6. The number of rotatable bonds is 6. The van der Waals surface area contributed by atoms with Crippen LogP contribution in [0.15, 0.2) is 24.3 Å². The van der Waals surface area contributed by atoms with E-state index in [2.05, 4.69) is 25.1 Å². The normalized spacial score (nSPS) is 32.4. The topological polar surface area (TPSA) is 114 Å². The molecule has 2 bridgehead atoms. The standard InChI is InChI=1S/C24H28N4O2/c1-5-7-8-18(6-2)20-22(13-25,14-26)23(15-27)17(4)24(29-20,30-21(23)28)19-11-9-16(3)10-12-19/h9-12,17-18,20,28H,5-8H2,1-4H3. The van der Waals surface area contributed by atoms with Crippen molar-refractivity contribution in [1.82, 2.24) is 0 Å². The molecule has 3 rings (SSSR count). The van der Waals surface area contributed by atoms with Gasteiger partial charge in [0.25, 0.3) is 0 Å². The summed E-state index contributed by atoms with van der Waals surface area (Å²) < 4.78 is 12.6. The molecule has 0 amide bonds. The molecule has 5 unspecified atom stereocenters. The minimum atomic E-state index is -1.82. The van der Waals surface area contributed by atoms with Crippen LogP contribution in [-0.4, -0.2) is 12.0 Å². The lowest BCUT2D eigenvalue weighted by atomic mass is 9.52. The van der Waals surface area contributed by atoms with Crippen molar-refractivity contribution in [2.24, 2.45) is 22.7 Å². The van der Waals surface area contributed by atoms with Crippen LogP contribution in [0.2, 0.25) is 0 Å². The molecule has 0 saturated carbocycles. The van der Waals surface area contributed by atoms with Crippen LogP contribution in [0.1, 0.15) is 57.6 Å². The van der Waals surface area contributed by atoms with Crippen molar-refractivity contribution in [3.05, 3.63) is 35.4 Å². The van der Waals surface area contributed by atoms with E-state index in [-0.39, 0.29) is 11.8 Å². The number of nitriles is 3. The van der Waals surface area contributed by atoms with Gasteiger partial charge >= 0.3 is 0 Å². The highest BCUT2D eigenvalue weighted by molar-refractivity contribution is 5.89. The van der Waals surface area contributed by atoms with Crippen molar-refractivity contribution in [2.45, 2.75) is 65.3 Å². The van der Waals surface area contributed by atoms with Crippen LogP contribution in [-0.2, 0) is 15.3 Å². The maximum Gasteiger partial charge on any atom is 0.243 e. The lowest BCUT2D eigenvalue weighted by Gasteiger charge is -2.51. The summed E-state index contributed by atoms with van der Waals surface area (Å²) >= 11 is 0. The third-order valence-corrected chi connectivity index (χ3v) is 7.05. The van der Waals surface area contributed by atoms with E-state index >= 15 is 0 Å². The van der Waals surface area contributed by atoms with Gasteiger partial charge in [-0.25, -0.2) is 0 Å². The molecule has 0 aliphatic carbocycles. The molecule has 5 atom stereocenters. The van der Waals surface area contributed by atoms with Crippen molar-refractivity contribution in [2.75, 3.05) is 0 Å². The number of hydrogen-bond donors (Lipinski definition) is 1. The van der Waals surface area contributed by atoms with Gasteiger partial charge in [0.05, 0.1) is 30.2 Å². The van der Waals surface area contributed by atoms with Gasteiger partial charge in [-0.3, -0.25) is 5.41 Å². The van der Waals surface area contributed by atoms with E-state index in [0.717, 1.165) is 24.8 Å². The molecule has 1 N–H and O–H groups in total. The maximum atomic E-state index is 10.3. The Kier molecular flexibility index (Phi) is 5.64. The summed E-state index contributed by atoms with van der Waals surface area (Å²) in [5, 5.41) is 39.5. The first-order chi connectivity index (χ1) is 14.3. The summed E-state index contributed by atoms with van der Waals surface area (Å²) in [5.74, 6) is -2.54. The second kappa shape index (κ2) is 7.75. The minimum Gasteiger partial charge on any atom is -0.443 e. The van der Waals surface area contributed by atoms with E-state index in [1.165, 1.54) is 0 Å². The van der Waals surface area contributed by atoms with Crippen LogP contribution in [0, 0.1) is 69.0 Å². The Morgan fingerprint density at radius 3 is 2.23 bits per heavy atom. The highest BCUT2D eigenvalue weighted by Crippen LogP contribution is 2.66. The molecule has 2 saturated heterocycles. The summed E-state index contributed by atoms with van der Waals surface area (Å²) in [4.78, 5) is 0. The fourth-order valence-corrected chi connectivity index (χ4v) is 5.16. The smallest absolute Gasteiger partial charge is 0.243 e. The van der Waals surface area contributed by atoms with Gasteiger partial charge in [-0.05, 0) is 19.3 Å². The third kappa shape index (κ3) is 2.59. The van der Waals surface area contributed by atoms with E-state index < -0.39 is 28.6 Å². The summed E-state index contributed by atoms with van der Waals surface area (Å²) in [6.45, 7) is 7.82. The number of fused-ring (bicyclic) bond motifs is 2. The molecule has 0 spiro atoms. The van der Waals surface area contributed by atoms with Crippen molar-refractivity contribution >= 4 is 5.90 Å². The lowest BCUT2D eigenvalue weighted by Crippen LogP contribution is -2.62. The zero-order valence-electron chi connectivity index (χ0n) is 18.0. The quantitative estimate of drug-likeness (QED) is 0.720. The number of benzene rings is 1. The van der Waals surface area contributed by atoms with E-state index in [1.807, 2.05) is 38.1 Å². The molecule has 6 heteroatoms. The molecular formula is C24H28N4O2. The molecule has 156 valence electrons. The van der Waals surface area contributed by atoms with Crippen LogP contribution in [0.25, 0.3) is 0 Å². The summed E-state index contributed by atoms with van der Waals surface area (Å²) in [6, 6.07) is 14.1. The Bertz CT molecular complexity index is 937. The molecule has 6 nitrogen and oxygen atoms in total. The Hall–Kier alpha value is -2.88. The fourth-order valence-electron chi connectivity index (χ4n) is 5.16. The first kappa shape index (κ1) is 21.8. The Morgan fingerprint density at radius 1 is 1.10 bits per heavy atom. The number of ether oxygens (including phenoxy) is 2. The SMILES string of the molecule is CCCCC(CC)C1OC2(c3ccc(C)cc3)OC(=N)C(C#N)(C2C)C1(C#N)C#N. The Labute approximate surface area is 178 Å². The van der Waals surface area contributed by atoms with Crippen LogP contribution in [0.4, 0.5) is 0 Å². The molecule has 1 aromatic rings. The van der Waals surface area contributed by atoms with Crippen molar-refractivity contribution < 1.29 is 9.47 Å². The van der Waals surface area contributed by atoms with Gasteiger partial charge in [0.1, 0.15) is 0 Å². The van der Waals surface area contributed by atoms with Gasteiger partial charge in [-0.1, -0.05) is 69.9 Å². The number of unbranched alkanes of at least 4 members (excludes halogenated alkanes) is 1. The molecule has 30 heavy (non-hydrogen) atoms. The van der Waals surface area contributed by atoms with Crippen LogP contribution >= 0.6 is 0 Å². The number of nitrogens with one attached hydrogen (secondary N) is 1. The highest BCUT2D eigenvalue weighted by atomic mass is 16.7. The van der Waals surface area contributed by atoms with E-state index in [9.17, 15) is 15.8 Å². The molecule has 1 aromatic carbocycles. The number of aryl methyl sites for hydroxylation is 1. The van der Waals surface area contributed by atoms with E-state index in [4.69, 9.17) is 14.9 Å². The van der Waals surface area contributed by atoms with Gasteiger partial charge in [0.2, 0.25) is 11.7 Å². The molecule has 2 aliphatic rings. The van der Waals surface area contributed by atoms with Gasteiger partial charge < -0.3 is 9.47 Å². The van der Waals surface area contributed by atoms with Gasteiger partial charge in [-0.15, -0.1) is 0 Å². The number of nitrogens with zero attached hydrogens (tertiary/aromatic N) is 3. The first-order valence-electron chi connectivity index (χ1n) is 10.6. The molecule has 2 fully saturated rings. The largest absolute Gasteiger partial charge is 0.443 e. The first-order valence-corrected chi connectivity index (χ1v) is 10.6. The van der Waals surface area contributed by atoms with Crippen LogP contribution in [0.3, 0.4) is 0 Å². The maximum absolute atomic E-state index is 10.3. The minimum absolute atomic E-state index is 0.108. The third-order valence-electron chi connectivity index (χ3n) is 7.05. The predicted octanol–water partition coefficient (Wildman–Crippen LogP) is 4.95. The highest BCUT2D eigenvalue weighted by Gasteiger charge is 2.80. The molecule has 0 radical (unpaired) electrons. The Morgan fingerprint density at radius 2 is 1.73 bits per heavy atom. The van der Waals surface area contributed by atoms with E-state index in [1.54, 1.807) is 6.92 Å². The molecule has 2 heterocycles. The van der Waals surface area contributed by atoms with Crippen LogP contribution in [0.5, 0.6) is 0 Å². The van der Waals surface area contributed by atoms with Crippen molar-refractivity contribution in [3.8, 4) is 18.2 Å². The molecular weight excluding hydrogens is 376 g/mol. The monoisotopic (exact) mass is 404 g/mol. The van der Waals surface area contributed by atoms with Gasteiger partial charge in [0, 0.05) is 5.56 Å². The second-order valence-electron chi connectivity index (χ2n) is 8.49. The van der Waals surface area contributed by atoms with E-state index in [0.29, 0.717) is 12.0 Å². The molecule has 0 aromatic heterocycles. The Balaban J connectivity index is 2.28. The van der Waals surface area contributed by atoms with Crippen LogP contribution < -0.4 is 0 Å².